The first-order chi connectivity index (χ1) is 8.15. The van der Waals surface area contributed by atoms with E-state index in [0.29, 0.717) is 12.0 Å². The Morgan fingerprint density at radius 2 is 2.06 bits per heavy atom. The molecule has 0 aliphatic rings. The minimum absolute atomic E-state index is 0.0818. The SMILES string of the molecule is CCCCCC(=O)N(N)Cc1ccccc1O. The van der Waals surface area contributed by atoms with Crippen LogP contribution in [0.4, 0.5) is 0 Å². The number of benzene rings is 1. The first kappa shape index (κ1) is 13.5. The minimum atomic E-state index is -0.0818. The van der Waals surface area contributed by atoms with Crippen LogP contribution in [0.1, 0.15) is 38.2 Å². The van der Waals surface area contributed by atoms with Crippen molar-refractivity contribution in [1.29, 1.82) is 0 Å². The van der Waals surface area contributed by atoms with Crippen molar-refractivity contribution in [2.75, 3.05) is 0 Å². The number of nitrogens with two attached hydrogens (primary N) is 1. The van der Waals surface area contributed by atoms with Gasteiger partial charge in [-0.1, -0.05) is 38.0 Å². The number of unbranched alkanes of at least 4 members (excludes halogenated alkanes) is 2. The average Bonchev–Trinajstić information content (AvgIpc) is 2.32. The smallest absolute Gasteiger partial charge is 0.236 e. The first-order valence-corrected chi connectivity index (χ1v) is 5.97. The highest BCUT2D eigenvalue weighted by Crippen LogP contribution is 2.17. The van der Waals surface area contributed by atoms with Gasteiger partial charge in [-0.25, -0.2) is 5.84 Å². The molecule has 0 unspecified atom stereocenters. The summed E-state index contributed by atoms with van der Waals surface area (Å²) in [4.78, 5) is 11.7. The molecular weight excluding hydrogens is 216 g/mol. The van der Waals surface area contributed by atoms with Gasteiger partial charge in [0.2, 0.25) is 5.91 Å². The predicted octanol–water partition coefficient (Wildman–Crippen LogP) is 2.17. The third-order valence-electron chi connectivity index (χ3n) is 2.65. The zero-order valence-electron chi connectivity index (χ0n) is 10.2. The van der Waals surface area contributed by atoms with Crippen LogP contribution in [0, 0.1) is 0 Å². The van der Waals surface area contributed by atoms with Crippen LogP contribution in [-0.2, 0) is 11.3 Å². The van der Waals surface area contributed by atoms with E-state index >= 15 is 0 Å². The van der Waals surface area contributed by atoms with Gasteiger partial charge in [0.15, 0.2) is 0 Å². The molecule has 0 saturated carbocycles. The first-order valence-electron chi connectivity index (χ1n) is 5.97. The van der Waals surface area contributed by atoms with Crippen molar-refractivity contribution < 1.29 is 9.90 Å². The van der Waals surface area contributed by atoms with Crippen LogP contribution in [0.15, 0.2) is 24.3 Å². The van der Waals surface area contributed by atoms with E-state index in [2.05, 4.69) is 6.92 Å². The molecule has 1 aromatic carbocycles. The van der Waals surface area contributed by atoms with Crippen LogP contribution in [0.5, 0.6) is 5.75 Å². The van der Waals surface area contributed by atoms with Crippen molar-refractivity contribution in [2.45, 2.75) is 39.2 Å². The summed E-state index contributed by atoms with van der Waals surface area (Å²) in [6.45, 7) is 2.34. The number of carbonyl (C=O) groups is 1. The monoisotopic (exact) mass is 236 g/mol. The predicted molar refractivity (Wildman–Crippen MR) is 67.0 cm³/mol. The summed E-state index contributed by atoms with van der Waals surface area (Å²) in [6.07, 6.45) is 3.45. The topological polar surface area (TPSA) is 66.6 Å². The van der Waals surface area contributed by atoms with Crippen molar-refractivity contribution in [3.8, 4) is 5.75 Å². The van der Waals surface area contributed by atoms with E-state index in [1.54, 1.807) is 18.2 Å². The van der Waals surface area contributed by atoms with E-state index in [4.69, 9.17) is 5.84 Å². The highest BCUT2D eigenvalue weighted by atomic mass is 16.3. The average molecular weight is 236 g/mol. The van der Waals surface area contributed by atoms with Gasteiger partial charge in [-0.2, -0.15) is 0 Å². The molecule has 4 heteroatoms. The molecule has 1 amide bonds. The molecule has 1 rings (SSSR count). The van der Waals surface area contributed by atoms with Gasteiger partial charge in [-0.05, 0) is 12.5 Å². The van der Waals surface area contributed by atoms with Crippen molar-refractivity contribution in [2.24, 2.45) is 5.84 Å². The molecule has 4 nitrogen and oxygen atoms in total. The number of hydrogen-bond donors (Lipinski definition) is 2. The van der Waals surface area contributed by atoms with Gasteiger partial charge in [-0.3, -0.25) is 9.80 Å². The number of hydrazine groups is 1. The molecule has 0 heterocycles. The molecule has 0 aliphatic carbocycles. The molecule has 0 fully saturated rings. The number of para-hydroxylation sites is 1. The second kappa shape index (κ2) is 6.91. The third-order valence-corrected chi connectivity index (χ3v) is 2.65. The Labute approximate surface area is 102 Å². The lowest BCUT2D eigenvalue weighted by Gasteiger charge is -2.17. The third kappa shape index (κ3) is 4.44. The normalized spacial score (nSPS) is 10.2. The highest BCUT2D eigenvalue weighted by Gasteiger charge is 2.11. The summed E-state index contributed by atoms with van der Waals surface area (Å²) in [7, 11) is 0. The number of hydrogen-bond acceptors (Lipinski definition) is 3. The van der Waals surface area contributed by atoms with E-state index in [-0.39, 0.29) is 18.2 Å². The van der Waals surface area contributed by atoms with Gasteiger partial charge >= 0.3 is 0 Å². The Balaban J connectivity index is 2.46. The molecular formula is C13H20N2O2. The molecule has 0 atom stereocenters. The second-order valence-electron chi connectivity index (χ2n) is 4.11. The summed E-state index contributed by atoms with van der Waals surface area (Å²) >= 11 is 0. The van der Waals surface area contributed by atoms with E-state index in [9.17, 15) is 9.90 Å². The summed E-state index contributed by atoms with van der Waals surface area (Å²) in [5, 5.41) is 10.7. The van der Waals surface area contributed by atoms with Crippen molar-refractivity contribution in [3.05, 3.63) is 29.8 Å². The maximum atomic E-state index is 11.7. The van der Waals surface area contributed by atoms with E-state index in [1.807, 2.05) is 6.07 Å². The molecule has 3 N–H and O–H groups in total. The van der Waals surface area contributed by atoms with Crippen LogP contribution >= 0.6 is 0 Å². The lowest BCUT2D eigenvalue weighted by atomic mass is 10.1. The summed E-state index contributed by atoms with van der Waals surface area (Å²) in [6, 6.07) is 6.90. The second-order valence-corrected chi connectivity index (χ2v) is 4.11. The minimum Gasteiger partial charge on any atom is -0.508 e. The van der Waals surface area contributed by atoms with Gasteiger partial charge < -0.3 is 5.11 Å². The number of rotatable bonds is 6. The largest absolute Gasteiger partial charge is 0.508 e. The molecule has 0 aromatic heterocycles. The standard InChI is InChI=1S/C13H20N2O2/c1-2-3-4-9-13(17)15(14)10-11-7-5-6-8-12(11)16/h5-8,16H,2-4,9-10,14H2,1H3. The fraction of sp³-hybridized carbons (Fsp3) is 0.462. The van der Waals surface area contributed by atoms with Crippen LogP contribution in [-0.4, -0.2) is 16.0 Å². The van der Waals surface area contributed by atoms with Gasteiger partial charge in [0, 0.05) is 12.0 Å². The number of carbonyl (C=O) groups excluding carboxylic acids is 1. The van der Waals surface area contributed by atoms with E-state index in [1.165, 1.54) is 5.01 Å². The number of aromatic hydroxyl groups is 1. The maximum Gasteiger partial charge on any atom is 0.236 e. The summed E-state index contributed by atoms with van der Waals surface area (Å²) in [5.41, 5.74) is 0.666. The molecule has 17 heavy (non-hydrogen) atoms. The maximum absolute atomic E-state index is 11.7. The number of phenolic OH excluding ortho intramolecular Hbond substituents is 1. The number of nitrogens with zero attached hydrogens (tertiary/aromatic N) is 1. The fourth-order valence-electron chi connectivity index (χ4n) is 1.59. The fourth-order valence-corrected chi connectivity index (χ4v) is 1.59. The van der Waals surface area contributed by atoms with Crippen molar-refractivity contribution in [3.63, 3.8) is 0 Å². The summed E-state index contributed by atoms with van der Waals surface area (Å²) in [5.74, 6) is 5.76. The molecule has 0 radical (unpaired) electrons. The number of amides is 1. The van der Waals surface area contributed by atoms with Gasteiger partial charge in [0.1, 0.15) is 5.75 Å². The van der Waals surface area contributed by atoms with Crippen LogP contribution < -0.4 is 5.84 Å². The highest BCUT2D eigenvalue weighted by molar-refractivity contribution is 5.75. The molecule has 0 aliphatic heterocycles. The van der Waals surface area contributed by atoms with Gasteiger partial charge in [-0.15, -0.1) is 0 Å². The lowest BCUT2D eigenvalue weighted by molar-refractivity contribution is -0.132. The lowest BCUT2D eigenvalue weighted by Crippen LogP contribution is -2.36. The Hall–Kier alpha value is -1.55. The molecule has 1 aromatic rings. The molecule has 0 spiro atoms. The van der Waals surface area contributed by atoms with Crippen LogP contribution in [0.3, 0.4) is 0 Å². The van der Waals surface area contributed by atoms with Crippen molar-refractivity contribution >= 4 is 5.91 Å². The van der Waals surface area contributed by atoms with Gasteiger partial charge in [0.25, 0.3) is 0 Å². The Morgan fingerprint density at radius 1 is 1.35 bits per heavy atom. The molecule has 0 saturated heterocycles. The van der Waals surface area contributed by atoms with Crippen LogP contribution in [0.2, 0.25) is 0 Å². The van der Waals surface area contributed by atoms with Gasteiger partial charge in [0.05, 0.1) is 6.54 Å². The van der Waals surface area contributed by atoms with Crippen molar-refractivity contribution in [1.82, 2.24) is 5.01 Å². The van der Waals surface area contributed by atoms with E-state index in [0.717, 1.165) is 19.3 Å². The Kier molecular flexibility index (Phi) is 5.49. The zero-order valence-corrected chi connectivity index (χ0v) is 10.2. The Morgan fingerprint density at radius 3 is 2.71 bits per heavy atom. The summed E-state index contributed by atoms with van der Waals surface area (Å²) < 4.78 is 0. The zero-order chi connectivity index (χ0) is 12.7. The molecule has 94 valence electrons. The quantitative estimate of drug-likeness (QED) is 0.344. The Bertz CT molecular complexity index is 366. The molecule has 0 bridgehead atoms. The van der Waals surface area contributed by atoms with Crippen LogP contribution in [0.25, 0.3) is 0 Å². The van der Waals surface area contributed by atoms with E-state index < -0.39 is 0 Å². The number of phenols is 1.